The minimum atomic E-state index is -4.81. The number of alkyl halides is 3. The van der Waals surface area contributed by atoms with Crippen molar-refractivity contribution in [3.8, 4) is 28.4 Å². The van der Waals surface area contributed by atoms with Crippen LogP contribution in [0.2, 0.25) is 0 Å². The van der Waals surface area contributed by atoms with E-state index in [1.165, 1.54) is 12.7 Å². The molecule has 3 rings (SSSR count). The van der Waals surface area contributed by atoms with Gasteiger partial charge in [0.15, 0.2) is 0 Å². The van der Waals surface area contributed by atoms with Gasteiger partial charge in [0.05, 0.1) is 0 Å². The average Bonchev–Trinajstić information content (AvgIpc) is 3.02. The van der Waals surface area contributed by atoms with Gasteiger partial charge in [-0.05, 0) is 37.3 Å². The van der Waals surface area contributed by atoms with Crippen molar-refractivity contribution in [2.75, 3.05) is 0 Å². The number of pyridine rings is 1. The molecule has 0 aliphatic heterocycles. The van der Waals surface area contributed by atoms with Crippen molar-refractivity contribution in [3.05, 3.63) is 48.7 Å². The highest BCUT2D eigenvalue weighted by molar-refractivity contribution is 5.73. The van der Waals surface area contributed by atoms with Gasteiger partial charge in [0.25, 0.3) is 0 Å². The lowest BCUT2D eigenvalue weighted by atomic mass is 10.0. The zero-order valence-corrected chi connectivity index (χ0v) is 12.3. The second-order valence-electron chi connectivity index (χ2n) is 4.90. The minimum Gasteiger partial charge on any atom is -0.507 e. The van der Waals surface area contributed by atoms with E-state index in [9.17, 15) is 18.3 Å². The van der Waals surface area contributed by atoms with Gasteiger partial charge < -0.3 is 9.84 Å². The summed E-state index contributed by atoms with van der Waals surface area (Å²) in [6, 6.07) is 6.59. The first kappa shape index (κ1) is 15.8. The van der Waals surface area contributed by atoms with E-state index < -0.39 is 12.1 Å². The fraction of sp³-hybridized carbons (Fsp3) is 0.133. The van der Waals surface area contributed by atoms with Crippen molar-refractivity contribution < 1.29 is 23.0 Å². The lowest BCUT2D eigenvalue weighted by Gasteiger charge is -2.13. The Hall–Kier alpha value is -3.10. The summed E-state index contributed by atoms with van der Waals surface area (Å²) in [4.78, 5) is 4.35. The minimum absolute atomic E-state index is 0.175. The third-order valence-electron chi connectivity index (χ3n) is 3.25. The second kappa shape index (κ2) is 5.84. The van der Waals surface area contributed by atoms with E-state index in [0.29, 0.717) is 17.1 Å². The van der Waals surface area contributed by atoms with Crippen molar-refractivity contribution in [2.24, 2.45) is 0 Å². The first-order valence-corrected chi connectivity index (χ1v) is 6.75. The predicted octanol–water partition coefficient (Wildman–Crippen LogP) is 3.24. The number of aryl methyl sites for hydroxylation is 1. The van der Waals surface area contributed by atoms with Crippen LogP contribution in [0.1, 0.15) is 5.69 Å². The van der Waals surface area contributed by atoms with Crippen LogP contribution in [-0.2, 0) is 0 Å². The van der Waals surface area contributed by atoms with Crippen LogP contribution in [0.25, 0.3) is 16.9 Å². The number of hydrogen-bond donors (Lipinski definition) is 1. The summed E-state index contributed by atoms with van der Waals surface area (Å²) in [5, 5.41) is 17.3. The van der Waals surface area contributed by atoms with Gasteiger partial charge in [-0.25, -0.2) is 4.98 Å². The molecule has 0 unspecified atom stereocenters. The van der Waals surface area contributed by atoms with Crippen molar-refractivity contribution in [1.29, 1.82) is 0 Å². The Labute approximate surface area is 134 Å². The number of aromatic hydroxyl groups is 1. The molecule has 0 aliphatic rings. The van der Waals surface area contributed by atoms with Crippen LogP contribution in [0.3, 0.4) is 0 Å². The third kappa shape index (κ3) is 3.29. The van der Waals surface area contributed by atoms with Crippen LogP contribution in [0.15, 0.2) is 43.0 Å². The molecule has 6 nitrogen and oxygen atoms in total. The summed E-state index contributed by atoms with van der Waals surface area (Å²) >= 11 is 0. The van der Waals surface area contributed by atoms with Gasteiger partial charge in [-0.15, -0.1) is 23.4 Å². The lowest BCUT2D eigenvalue weighted by Crippen LogP contribution is -2.17. The standard InChI is InChI=1S/C15H11F3N4O2/c1-9-11(3-5-14(21-9)22-7-19-20-8-22)12-6-10(2-4-13(12)23)24-15(16,17)18/h2-8,23H,1H3. The Balaban J connectivity index is 2.01. The number of halogens is 3. The maximum absolute atomic E-state index is 12.4. The van der Waals surface area contributed by atoms with Gasteiger partial charge in [0.2, 0.25) is 0 Å². The second-order valence-corrected chi connectivity index (χ2v) is 4.90. The van der Waals surface area contributed by atoms with Crippen LogP contribution in [0, 0.1) is 6.92 Å². The molecule has 1 aromatic carbocycles. The molecule has 0 bridgehead atoms. The van der Waals surface area contributed by atoms with E-state index in [-0.39, 0.29) is 11.3 Å². The molecule has 3 aromatic rings. The first-order chi connectivity index (χ1) is 11.3. The molecule has 0 atom stereocenters. The fourth-order valence-corrected chi connectivity index (χ4v) is 2.22. The predicted molar refractivity (Wildman–Crippen MR) is 77.7 cm³/mol. The molecule has 0 spiro atoms. The number of hydrogen-bond acceptors (Lipinski definition) is 5. The molecule has 0 aliphatic carbocycles. The zero-order valence-electron chi connectivity index (χ0n) is 12.3. The van der Waals surface area contributed by atoms with Crippen LogP contribution in [-0.4, -0.2) is 31.2 Å². The van der Waals surface area contributed by atoms with Gasteiger partial charge in [-0.3, -0.25) is 4.57 Å². The third-order valence-corrected chi connectivity index (χ3v) is 3.25. The van der Waals surface area contributed by atoms with Crippen LogP contribution in [0.4, 0.5) is 13.2 Å². The monoisotopic (exact) mass is 336 g/mol. The number of benzene rings is 1. The molecule has 0 saturated carbocycles. The number of phenolic OH excluding ortho intramolecular Hbond substituents is 1. The van der Waals surface area contributed by atoms with Gasteiger partial charge >= 0.3 is 6.36 Å². The Morgan fingerprint density at radius 3 is 2.38 bits per heavy atom. The fourth-order valence-electron chi connectivity index (χ4n) is 2.22. The topological polar surface area (TPSA) is 73.1 Å². The number of aromatic nitrogens is 4. The molecule has 124 valence electrons. The zero-order chi connectivity index (χ0) is 17.3. The summed E-state index contributed by atoms with van der Waals surface area (Å²) < 4.78 is 42.5. The molecule has 0 amide bonds. The molecule has 24 heavy (non-hydrogen) atoms. The highest BCUT2D eigenvalue weighted by atomic mass is 19.4. The number of rotatable bonds is 3. The van der Waals surface area contributed by atoms with Crippen molar-refractivity contribution in [2.45, 2.75) is 13.3 Å². The molecule has 9 heteroatoms. The molecular weight excluding hydrogens is 325 g/mol. The molecule has 0 fully saturated rings. The maximum atomic E-state index is 12.4. The van der Waals surface area contributed by atoms with Gasteiger partial charge in [0, 0.05) is 16.8 Å². The van der Waals surface area contributed by atoms with Crippen molar-refractivity contribution in [3.63, 3.8) is 0 Å². The molecule has 1 N–H and O–H groups in total. The van der Waals surface area contributed by atoms with E-state index in [0.717, 1.165) is 18.2 Å². The van der Waals surface area contributed by atoms with Crippen molar-refractivity contribution in [1.82, 2.24) is 19.7 Å². The Morgan fingerprint density at radius 1 is 1.04 bits per heavy atom. The summed E-state index contributed by atoms with van der Waals surface area (Å²) in [6.45, 7) is 1.68. The highest BCUT2D eigenvalue weighted by Gasteiger charge is 2.31. The van der Waals surface area contributed by atoms with Crippen LogP contribution < -0.4 is 4.74 Å². The van der Waals surface area contributed by atoms with E-state index in [1.54, 1.807) is 23.6 Å². The highest BCUT2D eigenvalue weighted by Crippen LogP contribution is 2.35. The smallest absolute Gasteiger partial charge is 0.507 e. The maximum Gasteiger partial charge on any atom is 0.573 e. The van der Waals surface area contributed by atoms with E-state index >= 15 is 0 Å². The van der Waals surface area contributed by atoms with Gasteiger partial charge in [-0.2, -0.15) is 0 Å². The summed E-state index contributed by atoms with van der Waals surface area (Å²) in [5.41, 5.74) is 1.19. The van der Waals surface area contributed by atoms with Gasteiger partial charge in [-0.1, -0.05) is 0 Å². The Kier molecular flexibility index (Phi) is 3.84. The number of phenols is 1. The number of ether oxygens (including phenoxy) is 1. The molecule has 2 heterocycles. The summed E-state index contributed by atoms with van der Waals surface area (Å²) in [5.74, 6) is -0.0486. The Morgan fingerprint density at radius 2 is 1.75 bits per heavy atom. The van der Waals surface area contributed by atoms with E-state index in [2.05, 4.69) is 19.9 Å². The SMILES string of the molecule is Cc1nc(-n2cnnc2)ccc1-c1cc(OC(F)(F)F)ccc1O. The van der Waals surface area contributed by atoms with Crippen LogP contribution in [0.5, 0.6) is 11.5 Å². The average molecular weight is 336 g/mol. The normalized spacial score (nSPS) is 11.5. The van der Waals surface area contributed by atoms with Gasteiger partial charge in [0.1, 0.15) is 30.0 Å². The lowest BCUT2D eigenvalue weighted by molar-refractivity contribution is -0.274. The largest absolute Gasteiger partial charge is 0.573 e. The van der Waals surface area contributed by atoms with E-state index in [1.807, 2.05) is 0 Å². The summed E-state index contributed by atoms with van der Waals surface area (Å²) in [7, 11) is 0. The first-order valence-electron chi connectivity index (χ1n) is 6.75. The quantitative estimate of drug-likeness (QED) is 0.795. The Bertz CT molecular complexity index is 864. The van der Waals surface area contributed by atoms with E-state index in [4.69, 9.17) is 0 Å². The molecular formula is C15H11F3N4O2. The van der Waals surface area contributed by atoms with Crippen molar-refractivity contribution >= 4 is 0 Å². The molecule has 2 aromatic heterocycles. The van der Waals surface area contributed by atoms with Crippen LogP contribution >= 0.6 is 0 Å². The number of nitrogens with zero attached hydrogens (tertiary/aromatic N) is 4. The molecule has 0 saturated heterocycles. The summed E-state index contributed by atoms with van der Waals surface area (Å²) in [6.07, 6.45) is -1.87. The molecule has 0 radical (unpaired) electrons.